The van der Waals surface area contributed by atoms with Gasteiger partial charge in [0.15, 0.2) is 5.96 Å². The van der Waals surface area contributed by atoms with Crippen LogP contribution in [-0.4, -0.2) is 73.7 Å². The summed E-state index contributed by atoms with van der Waals surface area (Å²) in [5.41, 5.74) is 0. The van der Waals surface area contributed by atoms with E-state index in [4.69, 9.17) is 0 Å². The summed E-state index contributed by atoms with van der Waals surface area (Å²) in [6, 6.07) is 2.93. The van der Waals surface area contributed by atoms with E-state index in [9.17, 15) is 0 Å². The van der Waals surface area contributed by atoms with Gasteiger partial charge in [0, 0.05) is 50.8 Å². The molecule has 5 nitrogen and oxygen atoms in total. The van der Waals surface area contributed by atoms with Gasteiger partial charge in [-0.15, -0.1) is 0 Å². The normalized spacial score (nSPS) is 30.3. The van der Waals surface area contributed by atoms with E-state index >= 15 is 0 Å². The lowest BCUT2D eigenvalue weighted by Gasteiger charge is -2.25. The van der Waals surface area contributed by atoms with Crippen molar-refractivity contribution in [2.75, 3.05) is 33.7 Å². The zero-order valence-corrected chi connectivity index (χ0v) is 15.2. The average Bonchev–Trinajstić information content (AvgIpc) is 3.09. The van der Waals surface area contributed by atoms with E-state index in [1.807, 2.05) is 7.05 Å². The van der Waals surface area contributed by atoms with Crippen molar-refractivity contribution in [3.8, 4) is 0 Å². The van der Waals surface area contributed by atoms with Gasteiger partial charge in [-0.1, -0.05) is 12.8 Å². The van der Waals surface area contributed by atoms with Crippen molar-refractivity contribution in [1.82, 2.24) is 20.4 Å². The second-order valence-electron chi connectivity index (χ2n) is 7.77. The predicted molar refractivity (Wildman–Crippen MR) is 97.0 cm³/mol. The Morgan fingerprint density at radius 2 is 1.96 bits per heavy atom. The van der Waals surface area contributed by atoms with Crippen LogP contribution in [0.1, 0.15) is 51.9 Å². The first kappa shape index (κ1) is 17.0. The third-order valence-corrected chi connectivity index (χ3v) is 5.91. The Hall–Kier alpha value is -0.810. The summed E-state index contributed by atoms with van der Waals surface area (Å²) in [4.78, 5) is 9.61. The molecule has 3 rings (SSSR count). The largest absolute Gasteiger partial charge is 0.355 e. The molecule has 2 unspecified atom stereocenters. The number of guanidine groups is 1. The van der Waals surface area contributed by atoms with Gasteiger partial charge in [-0.3, -0.25) is 9.89 Å². The molecule has 23 heavy (non-hydrogen) atoms. The molecular weight excluding hydrogens is 286 g/mol. The van der Waals surface area contributed by atoms with Crippen LogP contribution >= 0.6 is 0 Å². The maximum Gasteiger partial charge on any atom is 0.191 e. The second-order valence-corrected chi connectivity index (χ2v) is 7.77. The maximum atomic E-state index is 4.41. The first-order valence-electron chi connectivity index (χ1n) is 9.60. The maximum absolute atomic E-state index is 4.41. The molecule has 1 heterocycles. The highest BCUT2D eigenvalue weighted by Gasteiger charge is 2.38. The molecule has 0 aromatic heterocycles. The van der Waals surface area contributed by atoms with E-state index in [2.05, 4.69) is 39.4 Å². The van der Waals surface area contributed by atoms with E-state index in [0.29, 0.717) is 12.1 Å². The van der Waals surface area contributed by atoms with Crippen LogP contribution in [0.5, 0.6) is 0 Å². The third-order valence-electron chi connectivity index (χ3n) is 5.91. The van der Waals surface area contributed by atoms with Crippen LogP contribution in [-0.2, 0) is 0 Å². The SMILES string of the molecule is CN=C(NCCN(C)C1CCCC1)NC1CC(C)N(C2CC2)C1. The zero-order valence-electron chi connectivity index (χ0n) is 15.2. The fourth-order valence-electron chi connectivity index (χ4n) is 4.34. The molecule has 0 amide bonds. The van der Waals surface area contributed by atoms with Crippen LogP contribution in [0, 0.1) is 0 Å². The number of nitrogens with zero attached hydrogens (tertiary/aromatic N) is 3. The lowest BCUT2D eigenvalue weighted by molar-refractivity contribution is 0.249. The Labute approximate surface area is 141 Å². The smallest absolute Gasteiger partial charge is 0.191 e. The van der Waals surface area contributed by atoms with Crippen LogP contribution in [0.4, 0.5) is 0 Å². The number of nitrogens with one attached hydrogen (secondary N) is 2. The molecule has 0 spiro atoms. The molecule has 0 radical (unpaired) electrons. The molecule has 2 saturated carbocycles. The molecule has 1 aliphatic heterocycles. The summed E-state index contributed by atoms with van der Waals surface area (Å²) >= 11 is 0. The van der Waals surface area contributed by atoms with Crippen LogP contribution in [0.3, 0.4) is 0 Å². The predicted octanol–water partition coefficient (Wildman–Crippen LogP) is 1.65. The fraction of sp³-hybridized carbons (Fsp3) is 0.944. The van der Waals surface area contributed by atoms with Crippen molar-refractivity contribution in [2.45, 2.75) is 76.0 Å². The van der Waals surface area contributed by atoms with E-state index in [1.54, 1.807) is 0 Å². The number of rotatable bonds is 6. The minimum atomic E-state index is 0.546. The Bertz CT molecular complexity index is 400. The summed E-state index contributed by atoms with van der Waals surface area (Å²) in [5, 5.41) is 7.13. The van der Waals surface area contributed by atoms with Crippen LogP contribution < -0.4 is 10.6 Å². The van der Waals surface area contributed by atoms with Gasteiger partial charge in [0.1, 0.15) is 0 Å². The first-order valence-corrected chi connectivity index (χ1v) is 9.60. The van der Waals surface area contributed by atoms with Crippen molar-refractivity contribution in [3.05, 3.63) is 0 Å². The minimum Gasteiger partial charge on any atom is -0.355 e. The molecule has 132 valence electrons. The molecule has 0 aromatic carbocycles. The summed E-state index contributed by atoms with van der Waals surface area (Å²) in [6.45, 7) is 5.61. The molecular formula is C18H35N5. The van der Waals surface area contributed by atoms with Crippen molar-refractivity contribution in [1.29, 1.82) is 0 Å². The van der Waals surface area contributed by atoms with Gasteiger partial charge >= 0.3 is 0 Å². The Balaban J connectivity index is 1.36. The topological polar surface area (TPSA) is 42.9 Å². The van der Waals surface area contributed by atoms with E-state index in [1.165, 1.54) is 51.5 Å². The van der Waals surface area contributed by atoms with Gasteiger partial charge in [0.25, 0.3) is 0 Å². The third kappa shape index (κ3) is 4.60. The number of aliphatic imine (C=N–C) groups is 1. The number of hydrogen-bond acceptors (Lipinski definition) is 3. The lowest BCUT2D eigenvalue weighted by atomic mass is 10.2. The van der Waals surface area contributed by atoms with Gasteiger partial charge in [-0.25, -0.2) is 0 Å². The summed E-state index contributed by atoms with van der Waals surface area (Å²) in [7, 11) is 4.15. The standard InChI is InChI=1S/C18H35N5/c1-14-12-15(13-23(14)17-8-9-17)21-18(19-2)20-10-11-22(3)16-6-4-5-7-16/h14-17H,4-13H2,1-3H3,(H2,19,20,21). The Morgan fingerprint density at radius 1 is 1.22 bits per heavy atom. The zero-order chi connectivity index (χ0) is 16.2. The molecule has 3 aliphatic rings. The average molecular weight is 322 g/mol. The summed E-state index contributed by atoms with van der Waals surface area (Å²) in [6.07, 6.45) is 9.60. The van der Waals surface area contributed by atoms with Gasteiger partial charge in [-0.05, 0) is 46.1 Å². The molecule has 0 bridgehead atoms. The highest BCUT2D eigenvalue weighted by molar-refractivity contribution is 5.80. The number of hydrogen-bond donors (Lipinski definition) is 2. The van der Waals surface area contributed by atoms with Crippen LogP contribution in [0.25, 0.3) is 0 Å². The lowest BCUT2D eigenvalue weighted by Crippen LogP contribution is -2.47. The van der Waals surface area contributed by atoms with Gasteiger partial charge in [0.2, 0.25) is 0 Å². The summed E-state index contributed by atoms with van der Waals surface area (Å²) < 4.78 is 0. The van der Waals surface area contributed by atoms with Crippen molar-refractivity contribution < 1.29 is 0 Å². The molecule has 0 aromatic rings. The molecule has 3 fully saturated rings. The molecule has 2 N–H and O–H groups in total. The van der Waals surface area contributed by atoms with Crippen LogP contribution in [0.2, 0.25) is 0 Å². The highest BCUT2D eigenvalue weighted by Crippen LogP contribution is 2.33. The van der Waals surface area contributed by atoms with Crippen LogP contribution in [0.15, 0.2) is 4.99 Å². The van der Waals surface area contributed by atoms with Crippen molar-refractivity contribution in [2.24, 2.45) is 4.99 Å². The fourth-order valence-corrected chi connectivity index (χ4v) is 4.34. The number of likely N-dealkylation sites (tertiary alicyclic amines) is 1. The van der Waals surface area contributed by atoms with Crippen molar-refractivity contribution in [3.63, 3.8) is 0 Å². The first-order chi connectivity index (χ1) is 11.2. The molecule has 2 aliphatic carbocycles. The van der Waals surface area contributed by atoms with E-state index in [0.717, 1.165) is 31.1 Å². The quantitative estimate of drug-likeness (QED) is 0.577. The number of likely N-dealkylation sites (N-methyl/N-ethyl adjacent to an activating group) is 1. The van der Waals surface area contributed by atoms with E-state index < -0.39 is 0 Å². The minimum absolute atomic E-state index is 0.546. The Morgan fingerprint density at radius 3 is 2.61 bits per heavy atom. The molecule has 5 heteroatoms. The molecule has 2 atom stereocenters. The second kappa shape index (κ2) is 7.84. The van der Waals surface area contributed by atoms with Crippen molar-refractivity contribution >= 4 is 5.96 Å². The van der Waals surface area contributed by atoms with Gasteiger partial charge in [-0.2, -0.15) is 0 Å². The monoisotopic (exact) mass is 321 g/mol. The van der Waals surface area contributed by atoms with E-state index in [-0.39, 0.29) is 0 Å². The highest BCUT2D eigenvalue weighted by atomic mass is 15.3. The molecule has 1 saturated heterocycles. The van der Waals surface area contributed by atoms with Gasteiger partial charge < -0.3 is 15.5 Å². The Kier molecular flexibility index (Phi) is 5.81. The van der Waals surface area contributed by atoms with Gasteiger partial charge in [0.05, 0.1) is 0 Å². The summed E-state index contributed by atoms with van der Waals surface area (Å²) in [5.74, 6) is 0.972.